The standard InChI is InChI=1S/C12H15F3N2O.C7H8O/c1-4-11(2,3)10(18)17-8-5-6-16-9(7-8)12(13,14)15;1-6-2-4-7(8)5-3-6/h5-7H,4H2,1-3H3,(H,16,17,18);2-5,8H,1H3. The molecular weight excluding hydrogens is 345 g/mol. The fourth-order valence-corrected chi connectivity index (χ4v) is 1.67. The highest BCUT2D eigenvalue weighted by atomic mass is 19.4. The number of carbonyl (C=O) groups excluding carboxylic acids is 1. The zero-order valence-electron chi connectivity index (χ0n) is 15.2. The quantitative estimate of drug-likeness (QED) is 0.785. The Morgan fingerprint density at radius 2 is 1.73 bits per heavy atom. The van der Waals surface area contributed by atoms with Gasteiger partial charge in [-0.15, -0.1) is 0 Å². The number of pyridine rings is 1. The van der Waals surface area contributed by atoms with Crippen molar-refractivity contribution in [3.8, 4) is 5.75 Å². The average Bonchev–Trinajstić information content (AvgIpc) is 2.57. The lowest BCUT2D eigenvalue weighted by Gasteiger charge is -2.21. The van der Waals surface area contributed by atoms with Gasteiger partial charge < -0.3 is 10.4 Å². The number of alkyl halides is 3. The Kier molecular flexibility index (Phi) is 7.18. The lowest BCUT2D eigenvalue weighted by molar-refractivity contribution is -0.141. The van der Waals surface area contributed by atoms with Crippen LogP contribution in [0.2, 0.25) is 0 Å². The number of aromatic hydroxyl groups is 1. The molecule has 2 N–H and O–H groups in total. The number of hydrogen-bond donors (Lipinski definition) is 2. The van der Waals surface area contributed by atoms with Gasteiger partial charge in [0.15, 0.2) is 0 Å². The van der Waals surface area contributed by atoms with Gasteiger partial charge in [-0.3, -0.25) is 9.78 Å². The zero-order chi connectivity index (χ0) is 20.0. The summed E-state index contributed by atoms with van der Waals surface area (Å²) in [7, 11) is 0. The average molecular weight is 368 g/mol. The molecule has 0 saturated carbocycles. The van der Waals surface area contributed by atoms with E-state index in [4.69, 9.17) is 5.11 Å². The molecule has 2 aromatic rings. The van der Waals surface area contributed by atoms with Gasteiger partial charge in [0.25, 0.3) is 0 Å². The number of carbonyl (C=O) groups is 1. The van der Waals surface area contributed by atoms with E-state index in [1.54, 1.807) is 26.0 Å². The van der Waals surface area contributed by atoms with Crippen LogP contribution in [0.3, 0.4) is 0 Å². The number of phenols is 1. The number of amides is 1. The maximum atomic E-state index is 12.4. The fourth-order valence-electron chi connectivity index (χ4n) is 1.67. The lowest BCUT2D eigenvalue weighted by Crippen LogP contribution is -2.30. The van der Waals surface area contributed by atoms with Gasteiger partial charge in [-0.05, 0) is 37.6 Å². The summed E-state index contributed by atoms with van der Waals surface area (Å²) in [5.74, 6) is 0.0138. The number of anilines is 1. The van der Waals surface area contributed by atoms with Gasteiger partial charge in [0.1, 0.15) is 11.4 Å². The van der Waals surface area contributed by atoms with Gasteiger partial charge in [0.05, 0.1) is 0 Å². The third-order valence-electron chi connectivity index (χ3n) is 3.84. The van der Waals surface area contributed by atoms with E-state index < -0.39 is 17.3 Å². The van der Waals surface area contributed by atoms with Crippen molar-refractivity contribution in [2.75, 3.05) is 5.32 Å². The molecule has 0 atom stereocenters. The van der Waals surface area contributed by atoms with E-state index in [1.165, 1.54) is 11.6 Å². The first-order chi connectivity index (χ1) is 12.0. The Labute approximate surface area is 151 Å². The van der Waals surface area contributed by atoms with E-state index >= 15 is 0 Å². The number of hydrogen-bond acceptors (Lipinski definition) is 3. The van der Waals surface area contributed by atoms with E-state index in [-0.39, 0.29) is 11.6 Å². The second-order valence-corrected chi connectivity index (χ2v) is 6.45. The minimum absolute atomic E-state index is 0.101. The van der Waals surface area contributed by atoms with Crippen LogP contribution in [0.4, 0.5) is 18.9 Å². The van der Waals surface area contributed by atoms with Crippen LogP contribution < -0.4 is 5.32 Å². The van der Waals surface area contributed by atoms with Crippen molar-refractivity contribution >= 4 is 11.6 Å². The number of rotatable bonds is 3. The lowest BCUT2D eigenvalue weighted by atomic mass is 9.89. The van der Waals surface area contributed by atoms with Crippen LogP contribution in [-0.4, -0.2) is 16.0 Å². The maximum Gasteiger partial charge on any atom is 0.433 e. The van der Waals surface area contributed by atoms with Gasteiger partial charge in [-0.1, -0.05) is 38.5 Å². The highest BCUT2D eigenvalue weighted by Crippen LogP contribution is 2.29. The fraction of sp³-hybridized carbons (Fsp3) is 0.368. The molecule has 26 heavy (non-hydrogen) atoms. The molecular formula is C19H23F3N2O2. The topological polar surface area (TPSA) is 62.2 Å². The zero-order valence-corrected chi connectivity index (χ0v) is 15.2. The predicted octanol–water partition coefficient (Wildman–Crippen LogP) is 5.18. The molecule has 0 radical (unpaired) electrons. The first kappa shape index (κ1) is 21.5. The molecule has 0 fully saturated rings. The molecule has 0 saturated heterocycles. The van der Waals surface area contributed by atoms with Crippen molar-refractivity contribution in [3.63, 3.8) is 0 Å². The molecule has 0 aliphatic heterocycles. The molecule has 1 amide bonds. The first-order valence-electron chi connectivity index (χ1n) is 8.06. The van der Waals surface area contributed by atoms with E-state index in [1.807, 2.05) is 26.0 Å². The normalized spacial score (nSPS) is 11.3. The van der Waals surface area contributed by atoms with Crippen LogP contribution in [0, 0.1) is 12.3 Å². The Hall–Kier alpha value is -2.57. The summed E-state index contributed by atoms with van der Waals surface area (Å²) >= 11 is 0. The minimum atomic E-state index is -4.51. The van der Waals surface area contributed by atoms with Gasteiger partial charge in [-0.2, -0.15) is 13.2 Å². The number of aromatic nitrogens is 1. The molecule has 7 heteroatoms. The van der Waals surface area contributed by atoms with Crippen molar-refractivity contribution in [3.05, 3.63) is 53.9 Å². The number of aryl methyl sites for hydroxylation is 1. The van der Waals surface area contributed by atoms with Gasteiger partial charge in [-0.25, -0.2) is 0 Å². The smallest absolute Gasteiger partial charge is 0.433 e. The summed E-state index contributed by atoms with van der Waals surface area (Å²) in [5.41, 5.74) is -0.372. The number of halogens is 3. The second-order valence-electron chi connectivity index (χ2n) is 6.45. The molecule has 1 aromatic carbocycles. The predicted molar refractivity (Wildman–Crippen MR) is 94.8 cm³/mol. The Balaban J connectivity index is 0.000000350. The SMILES string of the molecule is CCC(C)(C)C(=O)Nc1ccnc(C(F)(F)F)c1.Cc1ccc(O)cc1. The molecule has 2 rings (SSSR count). The van der Waals surface area contributed by atoms with Crippen molar-refractivity contribution in [1.29, 1.82) is 0 Å². The highest BCUT2D eigenvalue weighted by molar-refractivity contribution is 5.94. The number of nitrogens with one attached hydrogen (secondary N) is 1. The van der Waals surface area contributed by atoms with Crippen LogP contribution in [0.1, 0.15) is 38.4 Å². The van der Waals surface area contributed by atoms with Gasteiger partial charge >= 0.3 is 6.18 Å². The van der Waals surface area contributed by atoms with Crippen LogP contribution in [-0.2, 0) is 11.0 Å². The maximum absolute atomic E-state index is 12.4. The van der Waals surface area contributed by atoms with Crippen LogP contribution in [0.15, 0.2) is 42.6 Å². The molecule has 1 heterocycles. The molecule has 0 aliphatic rings. The number of nitrogens with zero attached hydrogens (tertiary/aromatic N) is 1. The summed E-state index contributed by atoms with van der Waals surface area (Å²) in [6.45, 7) is 7.29. The van der Waals surface area contributed by atoms with Crippen LogP contribution >= 0.6 is 0 Å². The van der Waals surface area contributed by atoms with Crippen LogP contribution in [0.25, 0.3) is 0 Å². The van der Waals surface area contributed by atoms with Crippen molar-refractivity contribution in [1.82, 2.24) is 4.98 Å². The van der Waals surface area contributed by atoms with E-state index in [9.17, 15) is 18.0 Å². The van der Waals surface area contributed by atoms with E-state index in [0.29, 0.717) is 12.2 Å². The molecule has 0 unspecified atom stereocenters. The number of benzene rings is 1. The van der Waals surface area contributed by atoms with E-state index in [2.05, 4.69) is 10.3 Å². The summed E-state index contributed by atoms with van der Waals surface area (Å²) < 4.78 is 37.3. The summed E-state index contributed by atoms with van der Waals surface area (Å²) in [5, 5.41) is 11.2. The van der Waals surface area contributed by atoms with Gasteiger partial charge in [0.2, 0.25) is 5.91 Å². The first-order valence-corrected chi connectivity index (χ1v) is 8.06. The Morgan fingerprint density at radius 1 is 1.15 bits per heavy atom. The Morgan fingerprint density at radius 3 is 2.19 bits per heavy atom. The molecule has 4 nitrogen and oxygen atoms in total. The molecule has 0 spiro atoms. The van der Waals surface area contributed by atoms with Gasteiger partial charge in [0, 0.05) is 17.3 Å². The number of phenolic OH excluding ortho intramolecular Hbond substituents is 1. The van der Waals surface area contributed by atoms with Crippen molar-refractivity contribution < 1.29 is 23.1 Å². The molecule has 0 bridgehead atoms. The second kappa shape index (κ2) is 8.69. The van der Waals surface area contributed by atoms with Crippen molar-refractivity contribution in [2.24, 2.45) is 5.41 Å². The molecule has 1 aromatic heterocycles. The largest absolute Gasteiger partial charge is 0.508 e. The monoisotopic (exact) mass is 368 g/mol. The molecule has 0 aliphatic carbocycles. The Bertz CT molecular complexity index is 705. The van der Waals surface area contributed by atoms with Crippen LogP contribution in [0.5, 0.6) is 5.75 Å². The van der Waals surface area contributed by atoms with E-state index in [0.717, 1.165) is 12.3 Å². The highest BCUT2D eigenvalue weighted by Gasteiger charge is 2.33. The summed E-state index contributed by atoms with van der Waals surface area (Å²) in [4.78, 5) is 15.0. The minimum Gasteiger partial charge on any atom is -0.508 e. The summed E-state index contributed by atoms with van der Waals surface area (Å²) in [6.07, 6.45) is -2.89. The molecule has 142 valence electrons. The third-order valence-corrected chi connectivity index (χ3v) is 3.84. The third kappa shape index (κ3) is 6.74. The summed E-state index contributed by atoms with van der Waals surface area (Å²) in [6, 6.07) is 9.25. The van der Waals surface area contributed by atoms with Crippen molar-refractivity contribution in [2.45, 2.75) is 40.3 Å².